The van der Waals surface area contributed by atoms with Crippen molar-refractivity contribution in [3.8, 4) is 0 Å². The molecule has 0 radical (unpaired) electrons. The van der Waals surface area contributed by atoms with Gasteiger partial charge in [0, 0.05) is 0 Å². The Balaban J connectivity index is 2.09. The second kappa shape index (κ2) is 6.78. The van der Waals surface area contributed by atoms with Crippen LogP contribution in [0.4, 0.5) is 0 Å². The molecule has 0 aliphatic heterocycles. The first-order valence-electron chi connectivity index (χ1n) is 4.37. The van der Waals surface area contributed by atoms with E-state index in [-0.39, 0.29) is 5.97 Å². The normalized spacial score (nSPS) is 10.1. The van der Waals surface area contributed by atoms with Crippen molar-refractivity contribution in [1.29, 1.82) is 0 Å². The number of nitrogens with zero attached hydrogens (tertiary/aromatic N) is 2. The van der Waals surface area contributed by atoms with Gasteiger partial charge in [-0.1, -0.05) is 36.4 Å². The Morgan fingerprint density at radius 2 is 2.57 bits per heavy atom. The zero-order valence-corrected chi connectivity index (χ0v) is 9.57. The van der Waals surface area contributed by atoms with Crippen molar-refractivity contribution in [1.82, 2.24) is 10.2 Å². The molecule has 1 rings (SSSR count). The molecule has 1 heterocycles. The molecule has 0 spiro atoms. The highest BCUT2D eigenvalue weighted by molar-refractivity contribution is 8.01. The number of hydrogen-bond acceptors (Lipinski definition) is 6. The zero-order chi connectivity index (χ0) is 10.2. The zero-order valence-electron chi connectivity index (χ0n) is 7.93. The van der Waals surface area contributed by atoms with Crippen LogP contribution in [0.2, 0.25) is 0 Å². The van der Waals surface area contributed by atoms with Gasteiger partial charge >= 0.3 is 5.97 Å². The van der Waals surface area contributed by atoms with Crippen LogP contribution < -0.4 is 0 Å². The third-order valence-electron chi connectivity index (χ3n) is 1.41. The SMILES string of the molecule is CCCCOC(=O)CSc1nncs1. The number of esters is 1. The van der Waals surface area contributed by atoms with E-state index < -0.39 is 0 Å². The van der Waals surface area contributed by atoms with Gasteiger partial charge in [0.2, 0.25) is 0 Å². The van der Waals surface area contributed by atoms with Gasteiger partial charge in [0.1, 0.15) is 5.51 Å². The van der Waals surface area contributed by atoms with E-state index in [9.17, 15) is 4.79 Å². The Bertz CT molecular complexity index is 264. The van der Waals surface area contributed by atoms with E-state index in [1.54, 1.807) is 5.51 Å². The van der Waals surface area contributed by atoms with Gasteiger partial charge in [0.25, 0.3) is 0 Å². The lowest BCUT2D eigenvalue weighted by Crippen LogP contribution is -2.08. The minimum Gasteiger partial charge on any atom is -0.465 e. The number of carbonyl (C=O) groups is 1. The lowest BCUT2D eigenvalue weighted by Gasteiger charge is -2.01. The Labute approximate surface area is 91.1 Å². The van der Waals surface area contributed by atoms with Gasteiger partial charge in [0.05, 0.1) is 12.4 Å². The van der Waals surface area contributed by atoms with Gasteiger partial charge in [0.15, 0.2) is 4.34 Å². The fraction of sp³-hybridized carbons (Fsp3) is 0.625. The summed E-state index contributed by atoms with van der Waals surface area (Å²) in [6, 6.07) is 0. The van der Waals surface area contributed by atoms with Crippen LogP contribution in [0.15, 0.2) is 9.85 Å². The van der Waals surface area contributed by atoms with E-state index >= 15 is 0 Å². The van der Waals surface area contributed by atoms with Crippen LogP contribution in [0.3, 0.4) is 0 Å². The van der Waals surface area contributed by atoms with Gasteiger partial charge in [-0.2, -0.15) is 0 Å². The summed E-state index contributed by atoms with van der Waals surface area (Å²) in [4.78, 5) is 11.1. The first-order chi connectivity index (χ1) is 6.83. The number of unbranched alkanes of at least 4 members (excludes halogenated alkanes) is 1. The molecule has 0 unspecified atom stereocenters. The maximum absolute atomic E-state index is 11.1. The number of aromatic nitrogens is 2. The predicted octanol–water partition coefficient (Wildman–Crippen LogP) is 1.97. The van der Waals surface area contributed by atoms with Crippen LogP contribution in [-0.4, -0.2) is 28.5 Å². The fourth-order valence-electron chi connectivity index (χ4n) is 0.718. The van der Waals surface area contributed by atoms with Crippen molar-refractivity contribution in [3.63, 3.8) is 0 Å². The van der Waals surface area contributed by atoms with E-state index in [4.69, 9.17) is 4.74 Å². The molecule has 1 aromatic heterocycles. The average molecular weight is 232 g/mol. The van der Waals surface area contributed by atoms with Gasteiger partial charge in [-0.3, -0.25) is 4.79 Å². The van der Waals surface area contributed by atoms with Crippen molar-refractivity contribution in [3.05, 3.63) is 5.51 Å². The molecule has 4 nitrogen and oxygen atoms in total. The Morgan fingerprint density at radius 3 is 3.21 bits per heavy atom. The molecule has 0 fully saturated rings. The maximum atomic E-state index is 11.1. The number of rotatable bonds is 6. The Kier molecular flexibility index (Phi) is 5.55. The molecular formula is C8H12N2O2S2. The second-order valence-electron chi connectivity index (χ2n) is 2.57. The summed E-state index contributed by atoms with van der Waals surface area (Å²) < 4.78 is 5.78. The molecule has 0 amide bonds. The molecule has 0 N–H and O–H groups in total. The second-order valence-corrected chi connectivity index (χ2v) is 4.62. The van der Waals surface area contributed by atoms with Gasteiger partial charge in [-0.05, 0) is 6.42 Å². The minimum atomic E-state index is -0.182. The minimum absolute atomic E-state index is 0.182. The molecule has 0 aliphatic carbocycles. The molecular weight excluding hydrogens is 220 g/mol. The smallest absolute Gasteiger partial charge is 0.316 e. The molecule has 0 atom stereocenters. The van der Waals surface area contributed by atoms with Crippen molar-refractivity contribution in [2.45, 2.75) is 24.1 Å². The van der Waals surface area contributed by atoms with Crippen LogP contribution >= 0.6 is 23.1 Å². The molecule has 0 saturated heterocycles. The highest BCUT2D eigenvalue weighted by atomic mass is 32.2. The van der Waals surface area contributed by atoms with Gasteiger partial charge in [-0.15, -0.1) is 10.2 Å². The quantitative estimate of drug-likeness (QED) is 0.426. The lowest BCUT2D eigenvalue weighted by molar-refractivity contribution is -0.140. The van der Waals surface area contributed by atoms with Crippen LogP contribution in [0, 0.1) is 0 Å². The van der Waals surface area contributed by atoms with Crippen LogP contribution in [0.25, 0.3) is 0 Å². The van der Waals surface area contributed by atoms with E-state index in [0.717, 1.165) is 17.2 Å². The third-order valence-corrected chi connectivity index (χ3v) is 3.25. The standard InChI is InChI=1S/C8H12N2O2S2/c1-2-3-4-12-7(11)5-13-8-10-9-6-14-8/h6H,2-5H2,1H3. The van der Waals surface area contributed by atoms with E-state index in [1.807, 2.05) is 0 Å². The first kappa shape index (κ1) is 11.5. The van der Waals surface area contributed by atoms with Crippen LogP contribution in [-0.2, 0) is 9.53 Å². The maximum Gasteiger partial charge on any atom is 0.316 e. The number of thioether (sulfide) groups is 1. The largest absolute Gasteiger partial charge is 0.465 e. The molecule has 0 aliphatic rings. The molecule has 6 heteroatoms. The molecule has 0 aromatic carbocycles. The average Bonchev–Trinajstić information content (AvgIpc) is 2.68. The fourth-order valence-corrected chi connectivity index (χ4v) is 2.00. The lowest BCUT2D eigenvalue weighted by atomic mass is 10.4. The van der Waals surface area contributed by atoms with Crippen molar-refractivity contribution >= 4 is 29.1 Å². The Morgan fingerprint density at radius 1 is 1.71 bits per heavy atom. The summed E-state index contributed by atoms with van der Waals surface area (Å²) in [5, 5.41) is 7.48. The monoisotopic (exact) mass is 232 g/mol. The highest BCUT2D eigenvalue weighted by Crippen LogP contribution is 2.18. The first-order valence-corrected chi connectivity index (χ1v) is 6.24. The summed E-state index contributed by atoms with van der Waals surface area (Å²) in [5.74, 6) is 0.137. The topological polar surface area (TPSA) is 52.1 Å². The van der Waals surface area contributed by atoms with E-state index in [2.05, 4.69) is 17.1 Å². The summed E-state index contributed by atoms with van der Waals surface area (Å²) in [7, 11) is 0. The van der Waals surface area contributed by atoms with Crippen molar-refractivity contribution in [2.24, 2.45) is 0 Å². The third kappa shape index (κ3) is 4.57. The summed E-state index contributed by atoms with van der Waals surface area (Å²) in [6.07, 6.45) is 1.96. The number of ether oxygens (including phenoxy) is 1. The van der Waals surface area contributed by atoms with Crippen LogP contribution in [0.5, 0.6) is 0 Å². The molecule has 14 heavy (non-hydrogen) atoms. The number of hydrogen-bond donors (Lipinski definition) is 0. The van der Waals surface area contributed by atoms with E-state index in [0.29, 0.717) is 12.4 Å². The summed E-state index contributed by atoms with van der Waals surface area (Å²) in [6.45, 7) is 2.58. The predicted molar refractivity (Wildman–Crippen MR) is 56.5 cm³/mol. The van der Waals surface area contributed by atoms with Gasteiger partial charge < -0.3 is 4.74 Å². The van der Waals surface area contributed by atoms with E-state index in [1.165, 1.54) is 23.1 Å². The summed E-state index contributed by atoms with van der Waals surface area (Å²) >= 11 is 2.79. The van der Waals surface area contributed by atoms with Crippen molar-refractivity contribution in [2.75, 3.05) is 12.4 Å². The molecule has 0 bridgehead atoms. The summed E-state index contributed by atoms with van der Waals surface area (Å²) in [5.41, 5.74) is 1.64. The van der Waals surface area contributed by atoms with Crippen molar-refractivity contribution < 1.29 is 9.53 Å². The molecule has 78 valence electrons. The highest BCUT2D eigenvalue weighted by Gasteiger charge is 2.05. The van der Waals surface area contributed by atoms with Gasteiger partial charge in [-0.25, -0.2) is 0 Å². The van der Waals surface area contributed by atoms with Crippen LogP contribution in [0.1, 0.15) is 19.8 Å². The Hall–Kier alpha value is -0.620. The molecule has 0 saturated carbocycles. The number of carbonyl (C=O) groups excluding carboxylic acids is 1. The molecule has 1 aromatic rings.